The Kier molecular flexibility index (Phi) is 9.65. The minimum atomic E-state index is -0.505. The molecule has 11 heteroatoms. The topological polar surface area (TPSA) is 134 Å². The van der Waals surface area contributed by atoms with E-state index in [-0.39, 0.29) is 16.6 Å². The Morgan fingerprint density at radius 1 is 1.07 bits per heavy atom. The number of rotatable bonds is 4. The maximum atomic E-state index is 10.8. The van der Waals surface area contributed by atoms with Crippen LogP contribution in [-0.2, 0) is 0 Å². The third-order valence-electron chi connectivity index (χ3n) is 2.92. The van der Waals surface area contributed by atoms with E-state index in [0.717, 1.165) is 0 Å². The third kappa shape index (κ3) is 5.76. The summed E-state index contributed by atoms with van der Waals surface area (Å²) < 4.78 is 0.826. The molecule has 0 atom stereocenters. The van der Waals surface area contributed by atoms with Gasteiger partial charge in [-0.2, -0.15) is 0 Å². The van der Waals surface area contributed by atoms with Crippen molar-refractivity contribution in [1.29, 1.82) is 0 Å². The number of nitrogens with zero attached hydrogens (tertiary/aromatic N) is 4. The molecule has 0 aromatic heterocycles. The van der Waals surface area contributed by atoms with Crippen LogP contribution in [0.5, 0.6) is 0 Å². The highest BCUT2D eigenvalue weighted by molar-refractivity contribution is 9.11. The lowest BCUT2D eigenvalue weighted by atomic mass is 10.2. The average molecular weight is 519 g/mol. The fraction of sp³-hybridized carbons (Fsp3) is 0. The van der Waals surface area contributed by atoms with Crippen LogP contribution in [0, 0.1) is 35.0 Å². The van der Waals surface area contributed by atoms with Gasteiger partial charge in [-0.25, -0.2) is 4.90 Å². The highest BCUT2D eigenvalue weighted by Gasteiger charge is 2.14. The lowest BCUT2D eigenvalue weighted by molar-refractivity contribution is -0.385. The van der Waals surface area contributed by atoms with E-state index in [1.165, 1.54) is 17.0 Å². The van der Waals surface area contributed by atoms with Gasteiger partial charge < -0.3 is 11.0 Å². The first kappa shape index (κ1) is 24.5. The number of hydrogen-bond acceptors (Lipinski definition) is 5. The van der Waals surface area contributed by atoms with Crippen molar-refractivity contribution < 1.29 is 15.9 Å². The largest absolute Gasteiger partial charge is 0.412 e. The van der Waals surface area contributed by atoms with Crippen molar-refractivity contribution in [3.63, 3.8) is 0 Å². The number of non-ortho nitro benzene ring substituents is 1. The molecule has 0 saturated carbocycles. The molecule has 0 aliphatic heterocycles. The normalized spacial score (nSPS) is 9.52. The van der Waals surface area contributed by atoms with Crippen molar-refractivity contribution in [2.24, 2.45) is 10.2 Å². The van der Waals surface area contributed by atoms with Gasteiger partial charge in [0.2, 0.25) is 0 Å². The number of azo groups is 1. The third-order valence-corrected chi connectivity index (χ3v) is 4.43. The number of anilines is 1. The van der Waals surface area contributed by atoms with E-state index >= 15 is 0 Å². The van der Waals surface area contributed by atoms with Gasteiger partial charge in [0.25, 0.3) is 5.69 Å². The van der Waals surface area contributed by atoms with E-state index in [4.69, 9.17) is 24.4 Å². The molecule has 0 bridgehead atoms. The fourth-order valence-electron chi connectivity index (χ4n) is 1.76. The number of terminal acetylenes is 2. The van der Waals surface area contributed by atoms with Gasteiger partial charge in [0.15, 0.2) is 0 Å². The summed E-state index contributed by atoms with van der Waals surface area (Å²) in [6.45, 7) is 0. The van der Waals surface area contributed by atoms with Crippen molar-refractivity contribution in [2.45, 2.75) is 0 Å². The lowest BCUT2D eigenvalue weighted by Gasteiger charge is -2.09. The van der Waals surface area contributed by atoms with Gasteiger partial charge in [0.05, 0.1) is 24.6 Å². The SMILES string of the molecule is C#CN(C#C)c1ccc(N=Nc2c(Br)cc([N+](=O)[O-])cc2Br)c(Cl)c1.O.O. The summed E-state index contributed by atoms with van der Waals surface area (Å²) in [7, 11) is 0. The van der Waals surface area contributed by atoms with Crippen LogP contribution in [0.4, 0.5) is 22.7 Å². The molecule has 140 valence electrons. The smallest absolute Gasteiger partial charge is 0.271 e. The van der Waals surface area contributed by atoms with Crippen molar-refractivity contribution in [3.05, 3.63) is 54.4 Å². The number of nitro benzene ring substituents is 1. The Morgan fingerprint density at radius 3 is 2.07 bits per heavy atom. The van der Waals surface area contributed by atoms with Crippen LogP contribution in [-0.4, -0.2) is 15.9 Å². The Labute approximate surface area is 176 Å². The number of benzene rings is 2. The second-order valence-corrected chi connectivity index (χ2v) is 6.56. The molecule has 2 rings (SSSR count). The second-order valence-electron chi connectivity index (χ2n) is 4.44. The summed E-state index contributed by atoms with van der Waals surface area (Å²) in [5.41, 5.74) is 1.24. The molecular formula is C16H11Br2ClN4O4. The van der Waals surface area contributed by atoms with Crippen LogP contribution in [0.25, 0.3) is 0 Å². The first-order valence-electron chi connectivity index (χ1n) is 6.44. The Morgan fingerprint density at radius 2 is 1.63 bits per heavy atom. The van der Waals surface area contributed by atoms with E-state index < -0.39 is 4.92 Å². The molecule has 0 aliphatic carbocycles. The molecule has 0 heterocycles. The monoisotopic (exact) mass is 516 g/mol. The number of halogens is 3. The zero-order valence-corrected chi connectivity index (χ0v) is 17.2. The van der Waals surface area contributed by atoms with Crippen molar-refractivity contribution >= 4 is 66.2 Å². The van der Waals surface area contributed by atoms with Gasteiger partial charge in [0.1, 0.15) is 11.4 Å². The molecular weight excluding hydrogens is 507 g/mol. The van der Waals surface area contributed by atoms with Crippen molar-refractivity contribution in [3.8, 4) is 24.9 Å². The molecule has 0 radical (unpaired) electrons. The predicted molar refractivity (Wildman–Crippen MR) is 111 cm³/mol. The van der Waals surface area contributed by atoms with Gasteiger partial charge in [-0.05, 0) is 50.1 Å². The van der Waals surface area contributed by atoms with Crippen LogP contribution in [0.1, 0.15) is 0 Å². The minimum absolute atomic E-state index is 0. The Bertz CT molecular complexity index is 933. The fourth-order valence-corrected chi connectivity index (χ4v) is 3.29. The summed E-state index contributed by atoms with van der Waals surface area (Å²) in [5, 5.41) is 19.3. The molecule has 27 heavy (non-hydrogen) atoms. The molecule has 0 saturated heterocycles. The summed E-state index contributed by atoms with van der Waals surface area (Å²) in [6.07, 6.45) is 10.6. The Hall–Kier alpha value is -2.47. The number of nitro groups is 1. The van der Waals surface area contributed by atoms with Gasteiger partial charge in [0, 0.05) is 24.2 Å². The van der Waals surface area contributed by atoms with Gasteiger partial charge in [-0.1, -0.05) is 24.4 Å². The zero-order chi connectivity index (χ0) is 18.6. The molecule has 0 amide bonds. The summed E-state index contributed by atoms with van der Waals surface area (Å²) in [5.74, 6) is 0. The average Bonchev–Trinajstić information content (AvgIpc) is 2.56. The summed E-state index contributed by atoms with van der Waals surface area (Å²) in [4.78, 5) is 11.6. The first-order valence-corrected chi connectivity index (χ1v) is 8.41. The second kappa shape index (κ2) is 10.6. The maximum Gasteiger partial charge on any atom is 0.271 e. The molecule has 0 aliphatic rings. The molecule has 8 nitrogen and oxygen atoms in total. The van der Waals surface area contributed by atoms with Crippen LogP contribution >= 0.6 is 43.5 Å². The van der Waals surface area contributed by atoms with Crippen LogP contribution < -0.4 is 4.90 Å². The summed E-state index contributed by atoms with van der Waals surface area (Å²) in [6, 6.07) is 12.1. The van der Waals surface area contributed by atoms with Crippen molar-refractivity contribution in [2.75, 3.05) is 4.90 Å². The van der Waals surface area contributed by atoms with E-state index in [1.54, 1.807) is 18.2 Å². The van der Waals surface area contributed by atoms with Crippen LogP contribution in [0.15, 0.2) is 49.5 Å². The molecule has 4 N–H and O–H groups in total. The molecule has 0 spiro atoms. The van der Waals surface area contributed by atoms with Crippen LogP contribution in [0.3, 0.4) is 0 Å². The quantitative estimate of drug-likeness (QED) is 0.193. The van der Waals surface area contributed by atoms with Crippen molar-refractivity contribution in [1.82, 2.24) is 0 Å². The highest BCUT2D eigenvalue weighted by Crippen LogP contribution is 2.39. The molecule has 2 aromatic rings. The maximum absolute atomic E-state index is 10.8. The number of hydrogen-bond donors (Lipinski definition) is 0. The lowest BCUT2D eigenvalue weighted by Crippen LogP contribution is -2.06. The van der Waals surface area contributed by atoms with Gasteiger partial charge in [-0.3, -0.25) is 10.1 Å². The van der Waals surface area contributed by atoms with E-state index in [0.29, 0.717) is 31.0 Å². The highest BCUT2D eigenvalue weighted by atomic mass is 79.9. The van der Waals surface area contributed by atoms with E-state index in [9.17, 15) is 10.1 Å². The Balaban J connectivity index is 0.00000338. The molecule has 0 fully saturated rings. The summed E-state index contributed by atoms with van der Waals surface area (Å²) >= 11 is 12.6. The van der Waals surface area contributed by atoms with E-state index in [2.05, 4.69) is 54.2 Å². The zero-order valence-electron chi connectivity index (χ0n) is 13.3. The predicted octanol–water partition coefficient (Wildman–Crippen LogP) is 4.53. The van der Waals surface area contributed by atoms with Crippen LogP contribution in [0.2, 0.25) is 5.02 Å². The minimum Gasteiger partial charge on any atom is -0.412 e. The van der Waals surface area contributed by atoms with Gasteiger partial charge >= 0.3 is 0 Å². The van der Waals surface area contributed by atoms with E-state index in [1.807, 2.05) is 0 Å². The standard InChI is InChI=1S/C16H7Br2ClN4O2.2H2O/c1-3-22(4-2)10-5-6-15(14(19)9-10)20-21-16-12(17)7-11(23(24)25)8-13(16)18;;/h1-2,5-9H;2*1H2. The first-order chi connectivity index (χ1) is 11.9. The van der Waals surface area contributed by atoms with Gasteiger partial charge in [-0.15, -0.1) is 10.2 Å². The molecule has 0 unspecified atom stereocenters. The molecule has 2 aromatic carbocycles.